The smallest absolute Gasteiger partial charge is 0.0123 e. The van der Waals surface area contributed by atoms with Crippen molar-refractivity contribution in [2.24, 2.45) is 0 Å². The second-order valence-electron chi connectivity index (χ2n) is 4.32. The van der Waals surface area contributed by atoms with Gasteiger partial charge in [-0.3, -0.25) is 0 Å². The quantitative estimate of drug-likeness (QED) is 0.274. The van der Waals surface area contributed by atoms with Gasteiger partial charge in [-0.2, -0.15) is 0 Å². The van der Waals surface area contributed by atoms with Gasteiger partial charge in [0.05, 0.1) is 0 Å². The minimum Gasteiger partial charge on any atom is -0.103 e. The Balaban J connectivity index is 3.18. The van der Waals surface area contributed by atoms with E-state index in [0.29, 0.717) is 0 Å². The first-order valence-electron chi connectivity index (χ1n) is 7.02. The second kappa shape index (κ2) is 14.3. The van der Waals surface area contributed by atoms with Crippen LogP contribution in [0, 0.1) is 11.8 Å². The predicted octanol–water partition coefficient (Wildman–Crippen LogP) is 5.49. The zero-order valence-electron chi connectivity index (χ0n) is 11.2. The van der Waals surface area contributed by atoms with Crippen molar-refractivity contribution in [3.05, 3.63) is 12.2 Å². The van der Waals surface area contributed by atoms with Crippen molar-refractivity contribution in [3.63, 3.8) is 0 Å². The zero-order chi connectivity index (χ0) is 11.9. The van der Waals surface area contributed by atoms with Gasteiger partial charge in [0, 0.05) is 12.8 Å². The Labute approximate surface area is 103 Å². The van der Waals surface area contributed by atoms with E-state index >= 15 is 0 Å². The summed E-state index contributed by atoms with van der Waals surface area (Å²) in [5.74, 6) is 6.51. The van der Waals surface area contributed by atoms with Crippen molar-refractivity contribution in [1.82, 2.24) is 0 Å². The topological polar surface area (TPSA) is 0 Å². The molecule has 0 heterocycles. The van der Waals surface area contributed by atoms with Crippen LogP contribution in [0.1, 0.15) is 78.1 Å². The largest absolute Gasteiger partial charge is 0.103 e. The van der Waals surface area contributed by atoms with Gasteiger partial charge in [-0.15, -0.1) is 11.8 Å². The van der Waals surface area contributed by atoms with Crippen molar-refractivity contribution in [2.75, 3.05) is 0 Å². The van der Waals surface area contributed by atoms with E-state index in [0.717, 1.165) is 19.3 Å². The predicted molar refractivity (Wildman–Crippen MR) is 74.4 cm³/mol. The SMILES string of the molecule is CCCC/C=C\CCC#CCCCCCC. The monoisotopic (exact) mass is 220 g/mol. The third-order valence-corrected chi connectivity index (χ3v) is 2.61. The molecule has 0 aliphatic rings. The molecule has 16 heavy (non-hydrogen) atoms. The summed E-state index contributed by atoms with van der Waals surface area (Å²) in [6, 6.07) is 0. The van der Waals surface area contributed by atoms with Crippen LogP contribution in [-0.2, 0) is 0 Å². The van der Waals surface area contributed by atoms with Crippen LogP contribution in [0.4, 0.5) is 0 Å². The molecule has 0 saturated heterocycles. The number of unbranched alkanes of at least 4 members (excludes halogenated alkanes) is 7. The summed E-state index contributed by atoms with van der Waals surface area (Å²) >= 11 is 0. The van der Waals surface area contributed by atoms with E-state index in [4.69, 9.17) is 0 Å². The first kappa shape index (κ1) is 15.3. The van der Waals surface area contributed by atoms with Gasteiger partial charge in [0.25, 0.3) is 0 Å². The van der Waals surface area contributed by atoms with E-state index in [1.165, 1.54) is 44.9 Å². The lowest BCUT2D eigenvalue weighted by Gasteiger charge is -1.91. The normalized spacial score (nSPS) is 10.4. The number of rotatable bonds is 9. The van der Waals surface area contributed by atoms with E-state index in [-0.39, 0.29) is 0 Å². The van der Waals surface area contributed by atoms with Gasteiger partial charge in [0.15, 0.2) is 0 Å². The van der Waals surface area contributed by atoms with Gasteiger partial charge in [-0.05, 0) is 19.3 Å². The molecule has 0 aromatic rings. The van der Waals surface area contributed by atoms with Crippen molar-refractivity contribution in [2.45, 2.75) is 78.1 Å². The summed E-state index contributed by atoms with van der Waals surface area (Å²) in [7, 11) is 0. The Hall–Kier alpha value is -0.700. The molecule has 0 amide bonds. The molecule has 0 atom stereocenters. The van der Waals surface area contributed by atoms with Crippen LogP contribution < -0.4 is 0 Å². The molecule has 0 saturated carbocycles. The van der Waals surface area contributed by atoms with Crippen LogP contribution in [0.15, 0.2) is 12.2 Å². The zero-order valence-corrected chi connectivity index (χ0v) is 11.2. The Bertz CT molecular complexity index is 202. The molecule has 0 radical (unpaired) electrons. The Morgan fingerprint density at radius 2 is 1.38 bits per heavy atom. The van der Waals surface area contributed by atoms with E-state index in [1.807, 2.05) is 0 Å². The fourth-order valence-electron chi connectivity index (χ4n) is 1.53. The summed E-state index contributed by atoms with van der Waals surface area (Å²) in [6.45, 7) is 4.48. The molecule has 0 spiro atoms. The molecule has 0 aromatic heterocycles. The highest BCUT2D eigenvalue weighted by molar-refractivity contribution is 5.00. The molecular weight excluding hydrogens is 192 g/mol. The van der Waals surface area contributed by atoms with Crippen LogP contribution in [0.3, 0.4) is 0 Å². The highest BCUT2D eigenvalue weighted by atomic mass is 13.9. The summed E-state index contributed by atoms with van der Waals surface area (Å²) in [5.41, 5.74) is 0. The molecule has 0 heteroatoms. The molecular formula is C16H28. The highest BCUT2D eigenvalue weighted by Gasteiger charge is 1.83. The number of hydrogen-bond acceptors (Lipinski definition) is 0. The summed E-state index contributed by atoms with van der Waals surface area (Å²) in [5, 5.41) is 0. The third-order valence-electron chi connectivity index (χ3n) is 2.61. The standard InChI is InChI=1S/C16H28/c1-3-5-7-9-11-13-15-16-14-12-10-8-6-4-2/h9,11H,3-8,10,12-13,15H2,1-2H3/b11-9-. The van der Waals surface area contributed by atoms with Gasteiger partial charge in [0.2, 0.25) is 0 Å². The molecule has 92 valence electrons. The number of allylic oxidation sites excluding steroid dienone is 2. The lowest BCUT2D eigenvalue weighted by molar-refractivity contribution is 0.679. The maximum Gasteiger partial charge on any atom is 0.0123 e. The molecule has 0 nitrogen and oxygen atoms in total. The summed E-state index contributed by atoms with van der Waals surface area (Å²) < 4.78 is 0. The van der Waals surface area contributed by atoms with E-state index in [9.17, 15) is 0 Å². The molecule has 0 N–H and O–H groups in total. The van der Waals surface area contributed by atoms with Gasteiger partial charge >= 0.3 is 0 Å². The van der Waals surface area contributed by atoms with Gasteiger partial charge < -0.3 is 0 Å². The van der Waals surface area contributed by atoms with Gasteiger partial charge in [-0.25, -0.2) is 0 Å². The van der Waals surface area contributed by atoms with Crippen LogP contribution in [0.25, 0.3) is 0 Å². The van der Waals surface area contributed by atoms with Crippen LogP contribution in [-0.4, -0.2) is 0 Å². The molecule has 0 aromatic carbocycles. The van der Waals surface area contributed by atoms with Crippen LogP contribution in [0.2, 0.25) is 0 Å². The second-order valence-corrected chi connectivity index (χ2v) is 4.32. The molecule has 0 aliphatic heterocycles. The number of hydrogen-bond donors (Lipinski definition) is 0. The molecule has 0 aliphatic carbocycles. The fraction of sp³-hybridized carbons (Fsp3) is 0.750. The van der Waals surface area contributed by atoms with Crippen LogP contribution in [0.5, 0.6) is 0 Å². The minimum absolute atomic E-state index is 1.04. The molecule has 0 fully saturated rings. The Morgan fingerprint density at radius 1 is 0.688 bits per heavy atom. The van der Waals surface area contributed by atoms with Crippen molar-refractivity contribution >= 4 is 0 Å². The maximum atomic E-state index is 3.26. The lowest BCUT2D eigenvalue weighted by atomic mass is 10.1. The minimum atomic E-state index is 1.04. The average Bonchev–Trinajstić information content (AvgIpc) is 2.31. The summed E-state index contributed by atoms with van der Waals surface area (Å²) in [6.07, 6.45) is 17.0. The van der Waals surface area contributed by atoms with Gasteiger partial charge in [0.1, 0.15) is 0 Å². The van der Waals surface area contributed by atoms with Crippen LogP contribution >= 0.6 is 0 Å². The first-order chi connectivity index (χ1) is 7.91. The summed E-state index contributed by atoms with van der Waals surface area (Å²) in [4.78, 5) is 0. The molecule has 0 bridgehead atoms. The average molecular weight is 220 g/mol. The Kier molecular flexibility index (Phi) is 13.7. The molecule has 0 unspecified atom stereocenters. The first-order valence-corrected chi connectivity index (χ1v) is 7.02. The van der Waals surface area contributed by atoms with E-state index in [2.05, 4.69) is 37.8 Å². The highest BCUT2D eigenvalue weighted by Crippen LogP contribution is 2.01. The lowest BCUT2D eigenvalue weighted by Crippen LogP contribution is -1.74. The maximum absolute atomic E-state index is 3.26. The van der Waals surface area contributed by atoms with Crippen molar-refractivity contribution < 1.29 is 0 Å². The van der Waals surface area contributed by atoms with Gasteiger partial charge in [-0.1, -0.05) is 58.1 Å². The van der Waals surface area contributed by atoms with Crippen molar-refractivity contribution in [1.29, 1.82) is 0 Å². The molecule has 0 rings (SSSR count). The van der Waals surface area contributed by atoms with E-state index in [1.54, 1.807) is 0 Å². The Morgan fingerprint density at radius 3 is 2.12 bits per heavy atom. The van der Waals surface area contributed by atoms with E-state index < -0.39 is 0 Å². The van der Waals surface area contributed by atoms with Crippen molar-refractivity contribution in [3.8, 4) is 11.8 Å². The fourth-order valence-corrected chi connectivity index (χ4v) is 1.53. The third kappa shape index (κ3) is 13.3.